The third-order valence-electron chi connectivity index (χ3n) is 3.10. The molecular formula is C13H18N2O4S. The molecule has 0 spiro atoms. The summed E-state index contributed by atoms with van der Waals surface area (Å²) in [6.07, 6.45) is 6.70. The van der Waals surface area contributed by atoms with Gasteiger partial charge in [0.2, 0.25) is 0 Å². The first-order chi connectivity index (χ1) is 9.54. The molecule has 6 nitrogen and oxygen atoms in total. The lowest BCUT2D eigenvalue weighted by Gasteiger charge is -2.23. The van der Waals surface area contributed by atoms with Gasteiger partial charge in [-0.2, -0.15) is 0 Å². The van der Waals surface area contributed by atoms with Crippen molar-refractivity contribution >= 4 is 16.0 Å². The number of aromatic nitrogens is 1. The van der Waals surface area contributed by atoms with E-state index in [4.69, 9.17) is 4.74 Å². The summed E-state index contributed by atoms with van der Waals surface area (Å²) in [4.78, 5) is 14.3. The molecule has 110 valence electrons. The average molecular weight is 298 g/mol. The van der Waals surface area contributed by atoms with Crippen molar-refractivity contribution in [1.82, 2.24) is 4.68 Å². The van der Waals surface area contributed by atoms with Crippen molar-refractivity contribution in [2.24, 2.45) is 0 Å². The number of nitrogens with one attached hydrogen (secondary N) is 1. The van der Waals surface area contributed by atoms with Crippen LogP contribution in [-0.4, -0.2) is 30.9 Å². The van der Waals surface area contributed by atoms with E-state index < -0.39 is 21.2 Å². The van der Waals surface area contributed by atoms with Gasteiger partial charge in [-0.05, 0) is 38.3 Å². The standard InChI is InChI=1S/C13H18N2O4S/c1-2-19-13(16)11-7-3-4-8-12(11)20(17,18)14-15-9-5-6-10-15/h5-7,9-10,12,14H,2-4,8H2,1H3. The summed E-state index contributed by atoms with van der Waals surface area (Å²) in [5, 5.41) is -0.863. The number of sulfonamides is 1. The maximum absolute atomic E-state index is 12.4. The van der Waals surface area contributed by atoms with Crippen molar-refractivity contribution in [2.75, 3.05) is 11.4 Å². The lowest BCUT2D eigenvalue weighted by atomic mass is 9.99. The molecule has 0 radical (unpaired) electrons. The van der Waals surface area contributed by atoms with Crippen molar-refractivity contribution in [2.45, 2.75) is 31.4 Å². The van der Waals surface area contributed by atoms with E-state index in [9.17, 15) is 13.2 Å². The molecule has 0 aliphatic heterocycles. The van der Waals surface area contributed by atoms with Gasteiger partial charge in [0.15, 0.2) is 0 Å². The van der Waals surface area contributed by atoms with E-state index in [-0.39, 0.29) is 12.2 Å². The number of ether oxygens (including phenoxy) is 1. The number of hydrogen-bond donors (Lipinski definition) is 1. The third-order valence-corrected chi connectivity index (χ3v) is 4.81. The molecule has 1 atom stereocenters. The Hall–Kier alpha value is -1.76. The van der Waals surface area contributed by atoms with Crippen molar-refractivity contribution < 1.29 is 17.9 Å². The largest absolute Gasteiger partial charge is 0.463 e. The molecule has 7 heteroatoms. The number of hydrogen-bond acceptors (Lipinski definition) is 4. The van der Waals surface area contributed by atoms with Crippen LogP contribution in [0.4, 0.5) is 0 Å². The number of carbonyl (C=O) groups excluding carboxylic acids is 1. The smallest absolute Gasteiger partial charge is 0.335 e. The molecule has 20 heavy (non-hydrogen) atoms. The molecule has 0 aromatic carbocycles. The lowest BCUT2D eigenvalue weighted by molar-refractivity contribution is -0.138. The molecule has 0 saturated heterocycles. The van der Waals surface area contributed by atoms with E-state index in [1.54, 1.807) is 37.5 Å². The molecule has 1 heterocycles. The molecule has 1 aromatic rings. The summed E-state index contributed by atoms with van der Waals surface area (Å²) in [6.45, 7) is 1.93. The SMILES string of the molecule is CCOC(=O)C1=CCCCC1S(=O)(=O)Nn1cccc1. The second-order valence-electron chi connectivity index (χ2n) is 4.53. The summed E-state index contributed by atoms with van der Waals surface area (Å²) >= 11 is 0. The van der Waals surface area contributed by atoms with Gasteiger partial charge in [-0.25, -0.2) is 18.0 Å². The van der Waals surface area contributed by atoms with Crippen LogP contribution in [0.3, 0.4) is 0 Å². The van der Waals surface area contributed by atoms with Crippen LogP contribution in [0.15, 0.2) is 36.2 Å². The van der Waals surface area contributed by atoms with E-state index in [0.29, 0.717) is 12.8 Å². The predicted octanol–water partition coefficient (Wildman–Crippen LogP) is 1.40. The Kier molecular flexibility index (Phi) is 4.49. The average Bonchev–Trinajstić information content (AvgIpc) is 2.91. The third kappa shape index (κ3) is 3.22. The monoisotopic (exact) mass is 298 g/mol. The van der Waals surface area contributed by atoms with Gasteiger partial charge in [0.25, 0.3) is 10.0 Å². The molecule has 0 bridgehead atoms. The van der Waals surface area contributed by atoms with Crippen molar-refractivity contribution in [3.63, 3.8) is 0 Å². The van der Waals surface area contributed by atoms with Crippen molar-refractivity contribution in [3.05, 3.63) is 36.2 Å². The highest BCUT2D eigenvalue weighted by atomic mass is 32.2. The zero-order chi connectivity index (χ0) is 14.6. The molecule has 0 saturated carbocycles. The Labute approximate surface area is 118 Å². The summed E-state index contributed by atoms with van der Waals surface area (Å²) in [5.41, 5.74) is 0.234. The van der Waals surface area contributed by atoms with Gasteiger partial charge in [-0.1, -0.05) is 6.08 Å². The second kappa shape index (κ2) is 6.13. The van der Waals surface area contributed by atoms with E-state index in [0.717, 1.165) is 6.42 Å². The highest BCUT2D eigenvalue weighted by Crippen LogP contribution is 2.25. The Morgan fingerprint density at radius 1 is 1.45 bits per heavy atom. The summed E-state index contributed by atoms with van der Waals surface area (Å²) in [6, 6.07) is 3.43. The minimum absolute atomic E-state index is 0.230. The molecule has 0 fully saturated rings. The molecule has 1 aromatic heterocycles. The molecular weight excluding hydrogens is 280 g/mol. The molecule has 1 aliphatic carbocycles. The van der Waals surface area contributed by atoms with Crippen LogP contribution in [0.5, 0.6) is 0 Å². The van der Waals surface area contributed by atoms with E-state index in [2.05, 4.69) is 4.83 Å². The zero-order valence-electron chi connectivity index (χ0n) is 11.3. The van der Waals surface area contributed by atoms with Crippen molar-refractivity contribution in [3.8, 4) is 0 Å². The molecule has 1 unspecified atom stereocenters. The first kappa shape index (κ1) is 14.6. The van der Waals surface area contributed by atoms with Crippen LogP contribution in [-0.2, 0) is 19.6 Å². The first-order valence-electron chi connectivity index (χ1n) is 6.56. The summed E-state index contributed by atoms with van der Waals surface area (Å²) in [7, 11) is -3.67. The minimum atomic E-state index is -3.67. The van der Waals surface area contributed by atoms with Gasteiger partial charge < -0.3 is 4.74 Å². The fraction of sp³-hybridized carbons (Fsp3) is 0.462. The number of allylic oxidation sites excluding steroid dienone is 1. The molecule has 0 amide bonds. The number of esters is 1. The van der Waals surface area contributed by atoms with Gasteiger partial charge in [0, 0.05) is 12.4 Å². The topological polar surface area (TPSA) is 77.4 Å². The number of carbonyl (C=O) groups is 1. The zero-order valence-corrected chi connectivity index (χ0v) is 12.1. The molecule has 1 N–H and O–H groups in total. The van der Waals surface area contributed by atoms with Crippen LogP contribution < -0.4 is 4.83 Å². The fourth-order valence-electron chi connectivity index (χ4n) is 2.21. The summed E-state index contributed by atoms with van der Waals surface area (Å²) in [5.74, 6) is -0.546. The normalized spacial score (nSPS) is 19.2. The van der Waals surface area contributed by atoms with Gasteiger partial charge in [0.1, 0.15) is 5.25 Å². The number of nitrogens with zero attached hydrogens (tertiary/aromatic N) is 1. The van der Waals surface area contributed by atoms with Crippen LogP contribution in [0.2, 0.25) is 0 Å². The Morgan fingerprint density at radius 2 is 2.15 bits per heavy atom. The van der Waals surface area contributed by atoms with Gasteiger partial charge in [-0.3, -0.25) is 4.68 Å². The predicted molar refractivity (Wildman–Crippen MR) is 75.1 cm³/mol. The van der Waals surface area contributed by atoms with Crippen LogP contribution in [0.1, 0.15) is 26.2 Å². The maximum atomic E-state index is 12.4. The summed E-state index contributed by atoms with van der Waals surface area (Å²) < 4.78 is 31.1. The lowest BCUT2D eigenvalue weighted by Crippen LogP contribution is -2.37. The fourth-order valence-corrected chi connectivity index (χ4v) is 3.75. The Morgan fingerprint density at radius 3 is 2.80 bits per heavy atom. The second-order valence-corrected chi connectivity index (χ2v) is 6.37. The first-order valence-corrected chi connectivity index (χ1v) is 8.11. The maximum Gasteiger partial charge on any atom is 0.335 e. The van der Waals surface area contributed by atoms with E-state index in [1.165, 1.54) is 4.68 Å². The van der Waals surface area contributed by atoms with Gasteiger partial charge in [0.05, 0.1) is 12.2 Å². The van der Waals surface area contributed by atoms with Crippen molar-refractivity contribution in [1.29, 1.82) is 0 Å². The minimum Gasteiger partial charge on any atom is -0.463 e. The highest BCUT2D eigenvalue weighted by Gasteiger charge is 2.35. The van der Waals surface area contributed by atoms with E-state index in [1.807, 2.05) is 0 Å². The Bertz CT molecular complexity index is 590. The quantitative estimate of drug-likeness (QED) is 0.834. The van der Waals surface area contributed by atoms with E-state index >= 15 is 0 Å². The molecule has 2 rings (SSSR count). The number of rotatable bonds is 5. The van der Waals surface area contributed by atoms with Crippen LogP contribution in [0, 0.1) is 0 Å². The van der Waals surface area contributed by atoms with Crippen LogP contribution >= 0.6 is 0 Å². The Balaban J connectivity index is 2.22. The van der Waals surface area contributed by atoms with Gasteiger partial charge in [-0.15, -0.1) is 0 Å². The van der Waals surface area contributed by atoms with Gasteiger partial charge >= 0.3 is 5.97 Å². The highest BCUT2D eigenvalue weighted by molar-refractivity contribution is 7.93. The molecule has 1 aliphatic rings. The van der Waals surface area contributed by atoms with Crippen LogP contribution in [0.25, 0.3) is 0 Å².